The van der Waals surface area contributed by atoms with Gasteiger partial charge in [-0.2, -0.15) is 8.42 Å². The van der Waals surface area contributed by atoms with Crippen molar-refractivity contribution < 1.29 is 17.7 Å². The third kappa shape index (κ3) is 3.14. The largest absolute Gasteiger partial charge is 0.492 e. The van der Waals surface area contributed by atoms with E-state index >= 15 is 0 Å². The Morgan fingerprint density at radius 1 is 0.962 bits per heavy atom. The van der Waals surface area contributed by atoms with Crippen molar-refractivity contribution in [2.24, 2.45) is 0 Å². The van der Waals surface area contributed by atoms with E-state index in [0.717, 1.165) is 10.8 Å². The molecule has 0 atom stereocenters. The van der Waals surface area contributed by atoms with Crippen LogP contribution in [-0.4, -0.2) is 29.1 Å². The van der Waals surface area contributed by atoms with E-state index in [1.807, 2.05) is 42.5 Å². The Morgan fingerprint density at radius 3 is 2.50 bits per heavy atom. The van der Waals surface area contributed by atoms with Gasteiger partial charge in [-0.05, 0) is 35.0 Å². The first-order valence-electron chi connectivity index (χ1n) is 8.07. The number of hydrogen-bond acceptors (Lipinski definition) is 4. The summed E-state index contributed by atoms with van der Waals surface area (Å²) in [4.78, 5) is 4.02. The molecule has 0 fully saturated rings. The molecule has 1 N–H and O–H groups in total. The van der Waals surface area contributed by atoms with Crippen molar-refractivity contribution in [3.8, 4) is 5.75 Å². The summed E-state index contributed by atoms with van der Waals surface area (Å²) in [5.74, 6) is 0.696. The van der Waals surface area contributed by atoms with Gasteiger partial charge in [0.15, 0.2) is 0 Å². The molecule has 6 nitrogen and oxygen atoms in total. The number of fused-ring (bicyclic) bond motifs is 2. The van der Waals surface area contributed by atoms with E-state index in [0.29, 0.717) is 16.8 Å². The van der Waals surface area contributed by atoms with Crippen LogP contribution in [0.5, 0.6) is 5.75 Å². The van der Waals surface area contributed by atoms with Gasteiger partial charge in [-0.15, -0.1) is 0 Å². The molecule has 0 amide bonds. The molecule has 26 heavy (non-hydrogen) atoms. The number of benzene rings is 3. The van der Waals surface area contributed by atoms with Crippen LogP contribution in [0.15, 0.2) is 71.9 Å². The molecule has 0 radical (unpaired) electrons. The number of aromatic nitrogens is 2. The monoisotopic (exact) mass is 368 g/mol. The molecular weight excluding hydrogens is 352 g/mol. The molecule has 4 aromatic rings. The van der Waals surface area contributed by atoms with E-state index < -0.39 is 10.1 Å². The van der Waals surface area contributed by atoms with E-state index in [-0.39, 0.29) is 18.3 Å². The van der Waals surface area contributed by atoms with Gasteiger partial charge in [0.1, 0.15) is 12.4 Å². The zero-order valence-electron chi connectivity index (χ0n) is 13.7. The predicted octanol–water partition coefficient (Wildman–Crippen LogP) is 3.52. The first-order valence-corrected chi connectivity index (χ1v) is 9.51. The summed E-state index contributed by atoms with van der Waals surface area (Å²) in [6.07, 6.45) is 0. The lowest BCUT2D eigenvalue weighted by molar-refractivity contribution is 0.294. The minimum Gasteiger partial charge on any atom is -0.492 e. The molecule has 0 spiro atoms. The van der Waals surface area contributed by atoms with Gasteiger partial charge in [0.2, 0.25) is 0 Å². The van der Waals surface area contributed by atoms with E-state index in [1.165, 1.54) is 4.57 Å². The van der Waals surface area contributed by atoms with Gasteiger partial charge in [-0.1, -0.05) is 42.5 Å². The zero-order valence-corrected chi connectivity index (χ0v) is 14.6. The molecule has 0 bridgehead atoms. The maximum atomic E-state index is 11.6. The second kappa shape index (κ2) is 6.44. The Morgan fingerprint density at radius 2 is 1.69 bits per heavy atom. The van der Waals surface area contributed by atoms with Crippen LogP contribution < -0.4 is 4.74 Å². The quantitative estimate of drug-likeness (QED) is 0.545. The first kappa shape index (κ1) is 16.6. The second-order valence-corrected chi connectivity index (χ2v) is 7.18. The molecule has 0 aliphatic heterocycles. The Bertz CT molecular complexity index is 1200. The molecule has 0 aliphatic carbocycles. The fraction of sp³-hybridized carbons (Fsp3) is 0.105. The van der Waals surface area contributed by atoms with Crippen molar-refractivity contribution in [3.05, 3.63) is 66.7 Å². The van der Waals surface area contributed by atoms with E-state index in [4.69, 9.17) is 4.74 Å². The van der Waals surface area contributed by atoms with Gasteiger partial charge in [-0.25, -0.2) is 4.98 Å². The summed E-state index contributed by atoms with van der Waals surface area (Å²) in [5, 5.41) is 1.81. The van der Waals surface area contributed by atoms with Crippen LogP contribution in [0.3, 0.4) is 0 Å². The smallest absolute Gasteiger partial charge is 0.328 e. The standard InChI is InChI=1S/C19H16N2O4S/c22-26(23,24)19-20-17-7-3-4-8-18(17)21(19)11-12-25-16-10-9-14-5-1-2-6-15(14)13-16/h1-10,13H,11-12H2,(H,22,23,24). The van der Waals surface area contributed by atoms with Crippen LogP contribution in [-0.2, 0) is 16.7 Å². The van der Waals surface area contributed by atoms with Gasteiger partial charge >= 0.3 is 10.1 Å². The third-order valence-electron chi connectivity index (χ3n) is 4.15. The summed E-state index contributed by atoms with van der Waals surface area (Å²) in [6.45, 7) is 0.476. The summed E-state index contributed by atoms with van der Waals surface area (Å²) < 4.78 is 40.0. The van der Waals surface area contributed by atoms with Gasteiger partial charge in [0, 0.05) is 0 Å². The number of ether oxygens (including phenoxy) is 1. The second-order valence-electron chi connectivity index (χ2n) is 5.87. The van der Waals surface area contributed by atoms with Gasteiger partial charge < -0.3 is 9.30 Å². The lowest BCUT2D eigenvalue weighted by Crippen LogP contribution is -2.14. The Kier molecular flexibility index (Phi) is 4.10. The number of imidazole rings is 1. The lowest BCUT2D eigenvalue weighted by atomic mass is 10.1. The lowest BCUT2D eigenvalue weighted by Gasteiger charge is -2.10. The van der Waals surface area contributed by atoms with Gasteiger partial charge in [0.05, 0.1) is 17.6 Å². The average molecular weight is 368 g/mol. The van der Waals surface area contributed by atoms with Crippen molar-refractivity contribution in [1.29, 1.82) is 0 Å². The fourth-order valence-corrected chi connectivity index (χ4v) is 3.66. The molecule has 0 saturated heterocycles. The highest BCUT2D eigenvalue weighted by Gasteiger charge is 2.21. The third-order valence-corrected chi connectivity index (χ3v) is 4.93. The molecule has 0 aliphatic rings. The Balaban J connectivity index is 1.59. The fourth-order valence-electron chi connectivity index (χ4n) is 2.98. The summed E-state index contributed by atoms with van der Waals surface area (Å²) in [5.41, 5.74) is 1.13. The van der Waals surface area contributed by atoms with E-state index in [9.17, 15) is 13.0 Å². The molecule has 1 heterocycles. The number of hydrogen-bond donors (Lipinski definition) is 1. The Labute approximate surface area is 150 Å². The van der Waals surface area contributed by atoms with Crippen LogP contribution in [0, 0.1) is 0 Å². The van der Waals surface area contributed by atoms with Crippen LogP contribution in [0.2, 0.25) is 0 Å². The molecule has 4 rings (SSSR count). The number of nitrogens with zero attached hydrogens (tertiary/aromatic N) is 2. The summed E-state index contributed by atoms with van der Waals surface area (Å²) in [6, 6.07) is 20.8. The molecule has 132 valence electrons. The molecule has 0 unspecified atom stereocenters. The number of para-hydroxylation sites is 2. The van der Waals surface area contributed by atoms with Crippen molar-refractivity contribution >= 4 is 31.9 Å². The molecule has 1 aromatic heterocycles. The normalized spacial score (nSPS) is 11.9. The highest BCUT2D eigenvalue weighted by atomic mass is 32.2. The predicted molar refractivity (Wildman–Crippen MR) is 99.0 cm³/mol. The summed E-state index contributed by atoms with van der Waals surface area (Å²) >= 11 is 0. The maximum absolute atomic E-state index is 11.6. The van der Waals surface area contributed by atoms with Crippen LogP contribution in [0.4, 0.5) is 0 Å². The maximum Gasteiger partial charge on any atom is 0.328 e. The molecular formula is C19H16N2O4S. The minimum atomic E-state index is -4.42. The number of rotatable bonds is 5. The van der Waals surface area contributed by atoms with Gasteiger partial charge in [0.25, 0.3) is 5.16 Å². The highest BCUT2D eigenvalue weighted by molar-refractivity contribution is 7.85. The van der Waals surface area contributed by atoms with Crippen molar-refractivity contribution in [1.82, 2.24) is 9.55 Å². The van der Waals surface area contributed by atoms with Crippen LogP contribution in [0.1, 0.15) is 0 Å². The van der Waals surface area contributed by atoms with Crippen molar-refractivity contribution in [2.75, 3.05) is 6.61 Å². The molecule has 7 heteroatoms. The first-order chi connectivity index (χ1) is 12.5. The van der Waals surface area contributed by atoms with Crippen molar-refractivity contribution in [3.63, 3.8) is 0 Å². The highest BCUT2D eigenvalue weighted by Crippen LogP contribution is 2.22. The van der Waals surface area contributed by atoms with Gasteiger partial charge in [-0.3, -0.25) is 4.55 Å². The minimum absolute atomic E-state index is 0.237. The topological polar surface area (TPSA) is 81.4 Å². The zero-order chi connectivity index (χ0) is 18.1. The van der Waals surface area contributed by atoms with E-state index in [2.05, 4.69) is 4.98 Å². The Hall–Kier alpha value is -2.90. The average Bonchev–Trinajstić information content (AvgIpc) is 3.01. The summed E-state index contributed by atoms with van der Waals surface area (Å²) in [7, 11) is -4.42. The van der Waals surface area contributed by atoms with Crippen molar-refractivity contribution in [2.45, 2.75) is 11.7 Å². The molecule has 0 saturated carbocycles. The van der Waals surface area contributed by atoms with E-state index in [1.54, 1.807) is 24.3 Å². The molecule has 3 aromatic carbocycles. The van der Waals surface area contributed by atoms with Crippen LogP contribution in [0.25, 0.3) is 21.8 Å². The SMILES string of the molecule is O=S(=O)(O)c1nc2ccccc2n1CCOc1ccc2ccccc2c1. The van der Waals surface area contributed by atoms with Crippen LogP contribution >= 0.6 is 0 Å².